The van der Waals surface area contributed by atoms with Crippen molar-refractivity contribution in [1.29, 1.82) is 0 Å². The van der Waals surface area contributed by atoms with Gasteiger partial charge in [0.2, 0.25) is 0 Å². The third-order valence-electron chi connectivity index (χ3n) is 13.5. The average Bonchev–Trinajstić information content (AvgIpc) is 3.38. The van der Waals surface area contributed by atoms with Gasteiger partial charge >= 0.3 is 0 Å². The molecule has 2 nitrogen and oxygen atoms in total. The third kappa shape index (κ3) is 5.78. The maximum atomic E-state index is 2.48. The monoisotopic (exact) mass is 874 g/mol. The summed E-state index contributed by atoms with van der Waals surface area (Å²) in [5, 5.41) is 12.3. The summed E-state index contributed by atoms with van der Waals surface area (Å²) in [4.78, 5) is 9.93. The van der Waals surface area contributed by atoms with Crippen molar-refractivity contribution in [3.8, 4) is 22.3 Å². The third-order valence-corrected chi connectivity index (χ3v) is 15.8. The van der Waals surface area contributed by atoms with Crippen molar-refractivity contribution in [3.05, 3.63) is 231 Å². The van der Waals surface area contributed by atoms with Gasteiger partial charge in [-0.3, -0.25) is 0 Å². The normalized spacial score (nSPS) is 13.0. The lowest BCUT2D eigenvalue weighted by molar-refractivity contribution is 1.17. The van der Waals surface area contributed by atoms with Gasteiger partial charge in [0, 0.05) is 31.0 Å². The van der Waals surface area contributed by atoms with E-state index in [9.17, 15) is 0 Å². The molecular formula is C62H38N2S2. The maximum absolute atomic E-state index is 2.48. The Morgan fingerprint density at radius 1 is 0.258 bits per heavy atom. The molecule has 2 aliphatic rings. The fourth-order valence-electron chi connectivity index (χ4n) is 10.7. The van der Waals surface area contributed by atoms with Crippen LogP contribution in [0.5, 0.6) is 0 Å². The van der Waals surface area contributed by atoms with Gasteiger partial charge in [-0.05, 0) is 161 Å². The number of anilines is 6. The molecule has 4 heteroatoms. The van der Waals surface area contributed by atoms with Crippen molar-refractivity contribution in [2.24, 2.45) is 0 Å². The average molecular weight is 875 g/mol. The van der Waals surface area contributed by atoms with E-state index in [-0.39, 0.29) is 0 Å². The molecule has 66 heavy (non-hydrogen) atoms. The molecule has 0 saturated carbocycles. The first-order valence-electron chi connectivity index (χ1n) is 22.5. The summed E-state index contributed by atoms with van der Waals surface area (Å²) in [6, 6.07) is 85.8. The summed E-state index contributed by atoms with van der Waals surface area (Å²) >= 11 is 3.69. The largest absolute Gasteiger partial charge is 0.308 e. The molecule has 0 saturated heterocycles. The second-order valence-corrected chi connectivity index (χ2v) is 19.4. The van der Waals surface area contributed by atoms with Gasteiger partial charge in [-0.15, -0.1) is 0 Å². The molecule has 2 aliphatic heterocycles. The van der Waals surface area contributed by atoms with E-state index < -0.39 is 0 Å². The molecule has 0 aliphatic carbocycles. The van der Waals surface area contributed by atoms with Crippen LogP contribution in [0.2, 0.25) is 0 Å². The van der Waals surface area contributed by atoms with Crippen LogP contribution in [-0.2, 0) is 0 Å². The van der Waals surface area contributed by atoms with Gasteiger partial charge in [-0.1, -0.05) is 169 Å². The first kappa shape index (κ1) is 37.6. The highest BCUT2D eigenvalue weighted by Crippen LogP contribution is 2.56. The summed E-state index contributed by atoms with van der Waals surface area (Å²) in [6.07, 6.45) is 0. The van der Waals surface area contributed by atoms with E-state index in [0.29, 0.717) is 0 Å². The van der Waals surface area contributed by atoms with Crippen molar-refractivity contribution in [3.63, 3.8) is 0 Å². The molecule has 0 atom stereocenters. The molecule has 0 N–H and O–H groups in total. The topological polar surface area (TPSA) is 6.48 Å². The van der Waals surface area contributed by atoms with Crippen LogP contribution in [0.1, 0.15) is 0 Å². The number of benzene rings is 12. The van der Waals surface area contributed by atoms with Crippen molar-refractivity contribution >= 4 is 112 Å². The molecular weight excluding hydrogens is 837 g/mol. The van der Waals surface area contributed by atoms with Crippen LogP contribution >= 0.6 is 23.5 Å². The van der Waals surface area contributed by atoms with E-state index >= 15 is 0 Å². The molecule has 0 amide bonds. The van der Waals surface area contributed by atoms with Crippen LogP contribution in [0.3, 0.4) is 0 Å². The Bertz CT molecular complexity index is 3890. The lowest BCUT2D eigenvalue weighted by Crippen LogP contribution is -2.15. The van der Waals surface area contributed by atoms with Gasteiger partial charge in [0.1, 0.15) is 0 Å². The minimum Gasteiger partial charge on any atom is -0.308 e. The van der Waals surface area contributed by atoms with Crippen LogP contribution in [0.4, 0.5) is 34.1 Å². The minimum absolute atomic E-state index is 1.13. The number of hydrogen-bond acceptors (Lipinski definition) is 4. The van der Waals surface area contributed by atoms with Gasteiger partial charge in [0.15, 0.2) is 0 Å². The van der Waals surface area contributed by atoms with E-state index in [1.165, 1.54) is 118 Å². The highest BCUT2D eigenvalue weighted by molar-refractivity contribution is 8.00. The van der Waals surface area contributed by atoms with Crippen LogP contribution in [-0.4, -0.2) is 0 Å². The lowest BCUT2D eigenvalue weighted by atomic mass is 9.83. The Morgan fingerprint density at radius 2 is 0.697 bits per heavy atom. The molecule has 12 aromatic rings. The SMILES string of the molecule is c1ccc2c(c1)Sc1ccccc1N2c1ccc2c(-c3cc4ccccc4c4ccccc34)c3cc(N4c5ccccc5Sc5ccccc54)ccc3c(-c3ccc4ccccc4c3)c2c1. The van der Waals surface area contributed by atoms with E-state index in [4.69, 9.17) is 0 Å². The predicted molar refractivity (Wildman–Crippen MR) is 282 cm³/mol. The van der Waals surface area contributed by atoms with Crippen molar-refractivity contribution < 1.29 is 0 Å². The van der Waals surface area contributed by atoms with Gasteiger partial charge in [0.05, 0.1) is 22.7 Å². The zero-order valence-electron chi connectivity index (χ0n) is 35.7. The number of fused-ring (bicyclic) bond motifs is 10. The summed E-state index contributed by atoms with van der Waals surface area (Å²) in [5.74, 6) is 0. The maximum Gasteiger partial charge on any atom is 0.0601 e. The zero-order valence-corrected chi connectivity index (χ0v) is 37.3. The van der Waals surface area contributed by atoms with E-state index in [0.717, 1.165) is 11.4 Å². The Labute approximate surface area is 391 Å². The first-order valence-corrected chi connectivity index (χ1v) is 24.1. The molecule has 308 valence electrons. The Hall–Kier alpha value is -7.76. The predicted octanol–water partition coefficient (Wildman–Crippen LogP) is 18.7. The van der Waals surface area contributed by atoms with Gasteiger partial charge < -0.3 is 9.80 Å². The highest BCUT2D eigenvalue weighted by atomic mass is 32.2. The second kappa shape index (κ2) is 14.9. The standard InChI is InChI=1S/C62H38N2S2/c1-2-16-40-35-42(30-29-39(40)15-1)61-48-33-31-44(64-55-23-9-13-27-59(55)66-60-28-14-10-24-56(60)64)38-52(48)62(50-36-41-17-3-4-18-45(41)46-19-5-6-20-47(46)50)49-34-32-43(37-51(49)61)63-53-21-7-11-25-57(53)65-58-26-12-8-22-54(58)63/h1-38H. The smallest absolute Gasteiger partial charge is 0.0601 e. The molecule has 0 aromatic heterocycles. The van der Waals surface area contributed by atoms with Crippen LogP contribution in [0, 0.1) is 0 Å². The minimum atomic E-state index is 1.13. The summed E-state index contributed by atoms with van der Waals surface area (Å²) in [6.45, 7) is 0. The highest BCUT2D eigenvalue weighted by Gasteiger charge is 2.29. The van der Waals surface area contributed by atoms with Crippen LogP contribution in [0.25, 0.3) is 76.1 Å². The second-order valence-electron chi connectivity index (χ2n) is 17.2. The Morgan fingerprint density at radius 3 is 1.27 bits per heavy atom. The summed E-state index contributed by atoms with van der Waals surface area (Å²) in [5.41, 5.74) is 11.9. The van der Waals surface area contributed by atoms with Gasteiger partial charge in [-0.25, -0.2) is 0 Å². The van der Waals surface area contributed by atoms with E-state index in [1.807, 2.05) is 23.5 Å². The van der Waals surface area contributed by atoms with Gasteiger partial charge in [0.25, 0.3) is 0 Å². The lowest BCUT2D eigenvalue weighted by Gasteiger charge is -2.34. The molecule has 2 heterocycles. The Balaban J connectivity index is 1.14. The zero-order chi connectivity index (χ0) is 43.3. The molecule has 0 spiro atoms. The molecule has 0 unspecified atom stereocenters. The number of rotatable bonds is 4. The Kier molecular flexibility index (Phi) is 8.49. The number of para-hydroxylation sites is 4. The molecule has 0 radical (unpaired) electrons. The van der Waals surface area contributed by atoms with Crippen molar-refractivity contribution in [1.82, 2.24) is 0 Å². The fourth-order valence-corrected chi connectivity index (χ4v) is 12.8. The molecule has 0 bridgehead atoms. The summed E-state index contributed by atoms with van der Waals surface area (Å²) < 4.78 is 0. The van der Waals surface area contributed by atoms with Crippen molar-refractivity contribution in [2.45, 2.75) is 19.6 Å². The fraction of sp³-hybridized carbons (Fsp3) is 0. The quantitative estimate of drug-likeness (QED) is 0.128. The van der Waals surface area contributed by atoms with Crippen molar-refractivity contribution in [2.75, 3.05) is 9.80 Å². The van der Waals surface area contributed by atoms with E-state index in [2.05, 4.69) is 240 Å². The molecule has 14 rings (SSSR count). The van der Waals surface area contributed by atoms with Crippen LogP contribution in [0.15, 0.2) is 250 Å². The molecule has 12 aromatic carbocycles. The summed E-state index contributed by atoms with van der Waals surface area (Å²) in [7, 11) is 0. The van der Waals surface area contributed by atoms with Gasteiger partial charge in [-0.2, -0.15) is 0 Å². The number of hydrogen-bond donors (Lipinski definition) is 0. The first-order chi connectivity index (χ1) is 32.7. The molecule has 0 fully saturated rings. The van der Waals surface area contributed by atoms with Crippen LogP contribution < -0.4 is 9.80 Å². The van der Waals surface area contributed by atoms with E-state index in [1.54, 1.807) is 0 Å². The number of nitrogens with zero attached hydrogens (tertiary/aromatic N) is 2.